The molecule has 0 aromatic heterocycles. The highest BCUT2D eigenvalue weighted by Crippen LogP contribution is 2.31. The third kappa shape index (κ3) is 14.2. The van der Waals surface area contributed by atoms with Crippen LogP contribution in [0.5, 0.6) is 0 Å². The van der Waals surface area contributed by atoms with Crippen LogP contribution in [0, 0.1) is 0 Å². The van der Waals surface area contributed by atoms with Crippen LogP contribution < -0.4 is 0 Å². The standard InChI is InChI=1S/C28H38O16/c1-8-36-24(35)12-10-9-11-21(22(39-17(4)31)13-37-15(2)29)43-28-27(42-20(7)34)26(41-19(6)33)25(40-18(5)32)23(44-28)14-38-16(3)30/h9-12,21-23,25-28H,8,13-14H2,1-7H3/b11-9+,12-10?/t21-,22+,23+,25-,26-,27+,28+/m0/s1. The Morgan fingerprint density at radius 2 is 1.25 bits per heavy atom. The van der Waals surface area contributed by atoms with E-state index < -0.39 is 97.9 Å². The summed E-state index contributed by atoms with van der Waals surface area (Å²) in [6, 6.07) is 0. The molecule has 16 nitrogen and oxygen atoms in total. The third-order valence-corrected chi connectivity index (χ3v) is 5.30. The quantitative estimate of drug-likeness (QED) is 0.105. The van der Waals surface area contributed by atoms with Crippen molar-refractivity contribution < 1.29 is 76.2 Å². The summed E-state index contributed by atoms with van der Waals surface area (Å²) in [6.45, 7) is 7.25. The lowest BCUT2D eigenvalue weighted by molar-refractivity contribution is -0.318. The maximum atomic E-state index is 12.1. The second-order valence-electron chi connectivity index (χ2n) is 9.11. The van der Waals surface area contributed by atoms with E-state index >= 15 is 0 Å². The zero-order valence-corrected chi connectivity index (χ0v) is 25.5. The average molecular weight is 631 g/mol. The van der Waals surface area contributed by atoms with Gasteiger partial charge in [0.05, 0.1) is 6.61 Å². The molecule has 1 aliphatic heterocycles. The van der Waals surface area contributed by atoms with Crippen molar-refractivity contribution in [2.75, 3.05) is 19.8 Å². The van der Waals surface area contributed by atoms with E-state index in [1.165, 1.54) is 18.2 Å². The summed E-state index contributed by atoms with van der Waals surface area (Å²) < 4.78 is 48.3. The molecule has 0 aromatic carbocycles. The molecule has 44 heavy (non-hydrogen) atoms. The molecule has 0 bridgehead atoms. The Hall–Kier alpha value is -4.31. The number of carbonyl (C=O) groups excluding carboxylic acids is 7. The van der Waals surface area contributed by atoms with E-state index in [0.29, 0.717) is 0 Å². The summed E-state index contributed by atoms with van der Waals surface area (Å²) in [5.74, 6) is -5.41. The first-order chi connectivity index (χ1) is 20.6. The molecule has 0 spiro atoms. The summed E-state index contributed by atoms with van der Waals surface area (Å²) in [5, 5.41) is 0. The van der Waals surface area contributed by atoms with Crippen molar-refractivity contribution in [1.82, 2.24) is 0 Å². The Kier molecular flexibility index (Phi) is 16.3. The van der Waals surface area contributed by atoms with E-state index in [0.717, 1.165) is 47.6 Å². The van der Waals surface area contributed by atoms with E-state index in [1.807, 2.05) is 0 Å². The van der Waals surface area contributed by atoms with Crippen LogP contribution in [0.1, 0.15) is 48.5 Å². The minimum absolute atomic E-state index is 0.137. The highest BCUT2D eigenvalue weighted by atomic mass is 16.7. The van der Waals surface area contributed by atoms with Gasteiger partial charge in [-0.15, -0.1) is 0 Å². The summed E-state index contributed by atoms with van der Waals surface area (Å²) in [6.07, 6.45) is -5.18. The molecule has 0 aromatic rings. The fraction of sp³-hybridized carbons (Fsp3) is 0.607. The summed E-state index contributed by atoms with van der Waals surface area (Å²) in [7, 11) is 0. The zero-order chi connectivity index (χ0) is 33.4. The van der Waals surface area contributed by atoms with Crippen molar-refractivity contribution in [1.29, 1.82) is 0 Å². The van der Waals surface area contributed by atoms with Crippen LogP contribution in [-0.2, 0) is 76.2 Å². The van der Waals surface area contributed by atoms with E-state index in [4.69, 9.17) is 42.6 Å². The maximum Gasteiger partial charge on any atom is 0.330 e. The molecule has 0 amide bonds. The Labute approximate surface area is 253 Å². The smallest absolute Gasteiger partial charge is 0.330 e. The molecule has 1 fully saturated rings. The first-order valence-electron chi connectivity index (χ1n) is 13.4. The lowest BCUT2D eigenvalue weighted by Gasteiger charge is -2.45. The highest BCUT2D eigenvalue weighted by molar-refractivity contribution is 5.82. The molecular weight excluding hydrogens is 592 g/mol. The van der Waals surface area contributed by atoms with Crippen molar-refractivity contribution in [3.05, 3.63) is 24.3 Å². The molecule has 1 heterocycles. The number of carbonyl (C=O) groups is 7. The fourth-order valence-corrected chi connectivity index (χ4v) is 3.82. The van der Waals surface area contributed by atoms with Gasteiger partial charge >= 0.3 is 41.8 Å². The number of hydrogen-bond donors (Lipinski definition) is 0. The lowest BCUT2D eigenvalue weighted by atomic mass is 9.98. The number of allylic oxidation sites excluding steroid dienone is 2. The first-order valence-corrected chi connectivity index (χ1v) is 13.4. The molecule has 0 aliphatic carbocycles. The summed E-state index contributed by atoms with van der Waals surface area (Å²) in [5.41, 5.74) is 0. The van der Waals surface area contributed by atoms with Crippen molar-refractivity contribution in [2.45, 2.75) is 91.4 Å². The van der Waals surface area contributed by atoms with Gasteiger partial charge in [0.25, 0.3) is 0 Å². The van der Waals surface area contributed by atoms with Gasteiger partial charge in [-0.25, -0.2) is 4.79 Å². The average Bonchev–Trinajstić information content (AvgIpc) is 2.89. The Bertz CT molecular complexity index is 1100. The Morgan fingerprint density at radius 3 is 1.77 bits per heavy atom. The van der Waals surface area contributed by atoms with Crippen LogP contribution in [-0.4, -0.2) is 105 Å². The third-order valence-electron chi connectivity index (χ3n) is 5.30. The van der Waals surface area contributed by atoms with Crippen LogP contribution in [0.3, 0.4) is 0 Å². The van der Waals surface area contributed by atoms with Gasteiger partial charge < -0.3 is 42.6 Å². The van der Waals surface area contributed by atoms with Crippen LogP contribution in [0.15, 0.2) is 24.3 Å². The maximum absolute atomic E-state index is 12.1. The van der Waals surface area contributed by atoms with Gasteiger partial charge in [0, 0.05) is 47.6 Å². The molecule has 1 aliphatic rings. The van der Waals surface area contributed by atoms with Gasteiger partial charge in [-0.2, -0.15) is 0 Å². The Balaban J connectivity index is 3.66. The SMILES string of the molecule is CCOC(=O)C=C/C=C/[C@H](O[C@@H]1O[C@H](COC(C)=O)[C@H](OC(C)=O)[C@H](OC(C)=O)[C@H]1OC(C)=O)[C@@H](COC(C)=O)OC(C)=O. The van der Waals surface area contributed by atoms with Crippen molar-refractivity contribution in [3.63, 3.8) is 0 Å². The predicted octanol–water partition coefficient (Wildman–Crippen LogP) is 0.625. The molecule has 7 atom stereocenters. The van der Waals surface area contributed by atoms with Gasteiger partial charge in [0.2, 0.25) is 0 Å². The molecule has 16 heteroatoms. The number of ether oxygens (including phenoxy) is 9. The Morgan fingerprint density at radius 1 is 0.682 bits per heavy atom. The van der Waals surface area contributed by atoms with E-state index in [2.05, 4.69) is 0 Å². The van der Waals surface area contributed by atoms with E-state index in [1.54, 1.807) is 6.92 Å². The van der Waals surface area contributed by atoms with Crippen LogP contribution >= 0.6 is 0 Å². The number of rotatable bonds is 15. The highest BCUT2D eigenvalue weighted by Gasteiger charge is 2.53. The fourth-order valence-electron chi connectivity index (χ4n) is 3.82. The van der Waals surface area contributed by atoms with Gasteiger partial charge in [-0.3, -0.25) is 28.8 Å². The molecular formula is C28H38O16. The molecule has 0 unspecified atom stereocenters. The van der Waals surface area contributed by atoms with E-state index in [9.17, 15) is 33.6 Å². The second kappa shape index (κ2) is 19.1. The molecule has 246 valence electrons. The van der Waals surface area contributed by atoms with Gasteiger partial charge in [0.1, 0.15) is 25.4 Å². The molecule has 0 radical (unpaired) electrons. The predicted molar refractivity (Wildman–Crippen MR) is 144 cm³/mol. The van der Waals surface area contributed by atoms with Crippen LogP contribution in [0.4, 0.5) is 0 Å². The normalized spacial score (nSPS) is 22.8. The summed E-state index contributed by atoms with van der Waals surface area (Å²) >= 11 is 0. The van der Waals surface area contributed by atoms with Crippen molar-refractivity contribution in [3.8, 4) is 0 Å². The first kappa shape index (κ1) is 37.7. The minimum Gasteiger partial charge on any atom is -0.463 e. The lowest BCUT2D eigenvalue weighted by Crippen LogP contribution is -2.63. The van der Waals surface area contributed by atoms with Crippen molar-refractivity contribution >= 4 is 41.8 Å². The zero-order valence-electron chi connectivity index (χ0n) is 25.5. The molecule has 0 N–H and O–H groups in total. The monoisotopic (exact) mass is 630 g/mol. The van der Waals surface area contributed by atoms with E-state index in [-0.39, 0.29) is 6.61 Å². The largest absolute Gasteiger partial charge is 0.463 e. The topological polar surface area (TPSA) is 203 Å². The van der Waals surface area contributed by atoms with Crippen LogP contribution in [0.25, 0.3) is 0 Å². The number of esters is 7. The molecule has 1 saturated heterocycles. The van der Waals surface area contributed by atoms with Gasteiger partial charge in [0.15, 0.2) is 30.7 Å². The van der Waals surface area contributed by atoms with Gasteiger partial charge in [-0.1, -0.05) is 18.2 Å². The van der Waals surface area contributed by atoms with Crippen molar-refractivity contribution in [2.24, 2.45) is 0 Å². The molecule has 1 rings (SSSR count). The van der Waals surface area contributed by atoms with Crippen LogP contribution in [0.2, 0.25) is 0 Å². The summed E-state index contributed by atoms with van der Waals surface area (Å²) in [4.78, 5) is 83.0. The van der Waals surface area contributed by atoms with Gasteiger partial charge in [-0.05, 0) is 6.92 Å². The minimum atomic E-state index is -1.66. The second-order valence-corrected chi connectivity index (χ2v) is 9.11. The number of hydrogen-bond acceptors (Lipinski definition) is 16. The molecule has 0 saturated carbocycles.